The van der Waals surface area contributed by atoms with Crippen molar-refractivity contribution in [1.82, 2.24) is 15.0 Å². The molecule has 7 heteroatoms. The molecule has 0 saturated heterocycles. The lowest BCUT2D eigenvalue weighted by molar-refractivity contribution is 0.179. The van der Waals surface area contributed by atoms with Gasteiger partial charge in [0.25, 0.3) is 0 Å². The van der Waals surface area contributed by atoms with Crippen LogP contribution in [0.15, 0.2) is 34.2 Å². The van der Waals surface area contributed by atoms with E-state index in [9.17, 15) is 0 Å². The third-order valence-corrected chi connectivity index (χ3v) is 6.15. The molecular formula is C22H27N3O3S. The second kappa shape index (κ2) is 8.55. The van der Waals surface area contributed by atoms with Gasteiger partial charge in [0.2, 0.25) is 5.89 Å². The molecule has 0 saturated carbocycles. The summed E-state index contributed by atoms with van der Waals surface area (Å²) in [5.41, 5.74) is 2.54. The topological polar surface area (TPSA) is 60.6 Å². The summed E-state index contributed by atoms with van der Waals surface area (Å²) >= 11 is 1.76. The Kier molecular flexibility index (Phi) is 5.87. The molecule has 6 nitrogen and oxygen atoms in total. The molecule has 1 aromatic carbocycles. The molecule has 1 atom stereocenters. The molecular weight excluding hydrogens is 386 g/mol. The molecule has 0 amide bonds. The Balaban J connectivity index is 1.67. The first-order valence-corrected chi connectivity index (χ1v) is 10.8. The summed E-state index contributed by atoms with van der Waals surface area (Å²) < 4.78 is 16.7. The number of benzene rings is 1. The zero-order valence-corrected chi connectivity index (χ0v) is 18.2. The Bertz CT molecular complexity index is 952. The normalized spacial score (nSPS) is 16.8. The van der Waals surface area contributed by atoms with E-state index in [2.05, 4.69) is 58.5 Å². The zero-order valence-electron chi connectivity index (χ0n) is 17.3. The highest BCUT2D eigenvalue weighted by molar-refractivity contribution is 7.10. The average molecular weight is 414 g/mol. The van der Waals surface area contributed by atoms with Crippen LogP contribution in [0.25, 0.3) is 0 Å². The smallest absolute Gasteiger partial charge is 0.240 e. The summed E-state index contributed by atoms with van der Waals surface area (Å²) in [6, 6.07) is 8.63. The quantitative estimate of drug-likeness (QED) is 0.569. The van der Waals surface area contributed by atoms with Gasteiger partial charge in [-0.1, -0.05) is 25.1 Å². The zero-order chi connectivity index (χ0) is 20.4. The van der Waals surface area contributed by atoms with Crippen LogP contribution in [0, 0.1) is 5.92 Å². The van der Waals surface area contributed by atoms with Crippen LogP contribution in [-0.4, -0.2) is 35.8 Å². The Morgan fingerprint density at radius 1 is 1.24 bits per heavy atom. The van der Waals surface area contributed by atoms with Crippen LogP contribution >= 0.6 is 11.3 Å². The summed E-state index contributed by atoms with van der Waals surface area (Å²) in [5, 5.41) is 6.28. The van der Waals surface area contributed by atoms with E-state index in [1.807, 2.05) is 0 Å². The van der Waals surface area contributed by atoms with E-state index in [0.717, 1.165) is 36.7 Å². The van der Waals surface area contributed by atoms with Gasteiger partial charge in [-0.2, -0.15) is 4.98 Å². The minimum absolute atomic E-state index is 0.124. The van der Waals surface area contributed by atoms with E-state index in [1.165, 1.54) is 16.0 Å². The summed E-state index contributed by atoms with van der Waals surface area (Å²) in [5.74, 6) is 3.49. The van der Waals surface area contributed by atoms with Crippen LogP contribution in [0.5, 0.6) is 11.5 Å². The van der Waals surface area contributed by atoms with Gasteiger partial charge >= 0.3 is 0 Å². The summed E-state index contributed by atoms with van der Waals surface area (Å²) in [7, 11) is 3.36. The monoisotopic (exact) mass is 413 g/mol. The van der Waals surface area contributed by atoms with Crippen molar-refractivity contribution in [1.29, 1.82) is 0 Å². The van der Waals surface area contributed by atoms with E-state index >= 15 is 0 Å². The Morgan fingerprint density at radius 2 is 2.03 bits per heavy atom. The lowest BCUT2D eigenvalue weighted by Gasteiger charge is -2.36. The number of hydrogen-bond donors (Lipinski definition) is 0. The molecule has 29 heavy (non-hydrogen) atoms. The van der Waals surface area contributed by atoms with Crippen molar-refractivity contribution >= 4 is 11.3 Å². The molecule has 1 aliphatic heterocycles. The molecule has 4 rings (SSSR count). The minimum Gasteiger partial charge on any atom is -0.493 e. The fourth-order valence-electron chi connectivity index (χ4n) is 3.92. The predicted octanol–water partition coefficient (Wildman–Crippen LogP) is 4.49. The van der Waals surface area contributed by atoms with Gasteiger partial charge in [-0.3, -0.25) is 4.90 Å². The summed E-state index contributed by atoms with van der Waals surface area (Å²) in [6.07, 6.45) is 1.77. The van der Waals surface area contributed by atoms with Crippen molar-refractivity contribution in [2.24, 2.45) is 5.92 Å². The SMILES string of the molecule is COc1cc2c(cc1OC)[C@@H](c1cccs1)N(Cc1nc(CC(C)C)no1)CC2. The number of hydrogen-bond acceptors (Lipinski definition) is 7. The van der Waals surface area contributed by atoms with Crippen molar-refractivity contribution in [2.45, 2.75) is 39.3 Å². The highest BCUT2D eigenvalue weighted by Crippen LogP contribution is 2.42. The Labute approximate surface area is 175 Å². The number of aromatic nitrogens is 2. The van der Waals surface area contributed by atoms with Crippen molar-refractivity contribution in [3.63, 3.8) is 0 Å². The Hall–Kier alpha value is -2.38. The molecule has 0 radical (unpaired) electrons. The van der Waals surface area contributed by atoms with E-state index in [4.69, 9.17) is 14.0 Å². The van der Waals surface area contributed by atoms with Crippen LogP contribution in [0.4, 0.5) is 0 Å². The molecule has 3 aromatic rings. The third kappa shape index (κ3) is 4.16. The van der Waals surface area contributed by atoms with E-state index in [-0.39, 0.29) is 6.04 Å². The number of fused-ring (bicyclic) bond motifs is 1. The molecule has 0 aliphatic carbocycles. The first-order valence-electron chi connectivity index (χ1n) is 9.92. The van der Waals surface area contributed by atoms with Crippen molar-refractivity contribution in [3.05, 3.63) is 57.4 Å². The first-order chi connectivity index (χ1) is 14.1. The van der Waals surface area contributed by atoms with Crippen LogP contribution < -0.4 is 9.47 Å². The van der Waals surface area contributed by atoms with Gasteiger partial charge in [-0.15, -0.1) is 11.3 Å². The molecule has 1 aliphatic rings. The van der Waals surface area contributed by atoms with Crippen LogP contribution in [0.1, 0.15) is 47.6 Å². The van der Waals surface area contributed by atoms with Crippen LogP contribution in [0.3, 0.4) is 0 Å². The highest BCUT2D eigenvalue weighted by Gasteiger charge is 2.32. The lowest BCUT2D eigenvalue weighted by Crippen LogP contribution is -2.35. The van der Waals surface area contributed by atoms with E-state index in [0.29, 0.717) is 18.4 Å². The van der Waals surface area contributed by atoms with Gasteiger partial charge in [-0.05, 0) is 47.0 Å². The molecule has 2 aromatic heterocycles. The third-order valence-electron chi connectivity index (χ3n) is 5.23. The average Bonchev–Trinajstić information content (AvgIpc) is 3.38. The van der Waals surface area contributed by atoms with Gasteiger partial charge < -0.3 is 14.0 Å². The number of methoxy groups -OCH3 is 2. The first kappa shape index (κ1) is 19.9. The maximum Gasteiger partial charge on any atom is 0.240 e. The molecule has 0 bridgehead atoms. The second-order valence-electron chi connectivity index (χ2n) is 7.75. The lowest BCUT2D eigenvalue weighted by atomic mass is 9.91. The van der Waals surface area contributed by atoms with Crippen molar-refractivity contribution < 1.29 is 14.0 Å². The van der Waals surface area contributed by atoms with Gasteiger partial charge in [0, 0.05) is 17.8 Å². The Morgan fingerprint density at radius 3 is 2.72 bits per heavy atom. The predicted molar refractivity (Wildman–Crippen MR) is 113 cm³/mol. The van der Waals surface area contributed by atoms with Crippen molar-refractivity contribution in [2.75, 3.05) is 20.8 Å². The number of rotatable bonds is 7. The number of thiophene rings is 1. The largest absolute Gasteiger partial charge is 0.493 e. The molecule has 0 N–H and O–H groups in total. The fourth-order valence-corrected chi connectivity index (χ4v) is 4.80. The summed E-state index contributed by atoms with van der Waals surface area (Å²) in [6.45, 7) is 5.85. The summed E-state index contributed by atoms with van der Waals surface area (Å²) in [4.78, 5) is 8.32. The molecule has 0 fully saturated rings. The van der Waals surface area contributed by atoms with E-state index in [1.54, 1.807) is 25.6 Å². The van der Waals surface area contributed by atoms with Crippen LogP contribution in [-0.2, 0) is 19.4 Å². The fraction of sp³-hybridized carbons (Fsp3) is 0.455. The molecule has 0 spiro atoms. The molecule has 3 heterocycles. The standard InChI is InChI=1S/C22H27N3O3S/c1-14(2)10-20-23-21(28-24-20)13-25-8-7-15-11-17(26-3)18(27-4)12-16(15)22(25)19-6-5-9-29-19/h5-6,9,11-12,14,22H,7-8,10,13H2,1-4H3/t22-/m0/s1. The second-order valence-corrected chi connectivity index (χ2v) is 8.73. The maximum atomic E-state index is 5.58. The number of nitrogens with zero attached hydrogens (tertiary/aromatic N) is 3. The minimum atomic E-state index is 0.124. The highest BCUT2D eigenvalue weighted by atomic mass is 32.1. The number of ether oxygens (including phenoxy) is 2. The van der Waals surface area contributed by atoms with Gasteiger partial charge in [0.1, 0.15) is 0 Å². The van der Waals surface area contributed by atoms with Crippen molar-refractivity contribution in [3.8, 4) is 11.5 Å². The van der Waals surface area contributed by atoms with Crippen LogP contribution in [0.2, 0.25) is 0 Å². The molecule has 0 unspecified atom stereocenters. The maximum absolute atomic E-state index is 5.58. The van der Waals surface area contributed by atoms with Gasteiger partial charge in [0.15, 0.2) is 17.3 Å². The molecule has 154 valence electrons. The van der Waals surface area contributed by atoms with E-state index < -0.39 is 0 Å². The van der Waals surface area contributed by atoms with Gasteiger partial charge in [0.05, 0.1) is 26.8 Å². The van der Waals surface area contributed by atoms with Gasteiger partial charge in [-0.25, -0.2) is 0 Å².